The highest BCUT2D eigenvalue weighted by Crippen LogP contribution is 2.45. The molecule has 1 fully saturated rings. The number of para-hydroxylation sites is 1. The number of aliphatic hydroxyl groups is 1. The molecule has 1 aliphatic heterocycles. The first-order chi connectivity index (χ1) is 17.9. The van der Waals surface area contributed by atoms with E-state index in [4.69, 9.17) is 9.47 Å². The fourth-order valence-corrected chi connectivity index (χ4v) is 4.85. The largest absolute Gasteiger partial charge is 0.507 e. The zero-order valence-corrected chi connectivity index (χ0v) is 20.9. The Morgan fingerprint density at radius 3 is 2.32 bits per heavy atom. The molecule has 3 aromatic carbocycles. The zero-order valence-electron chi connectivity index (χ0n) is 20.9. The summed E-state index contributed by atoms with van der Waals surface area (Å²) in [5.41, 5.74) is 3.44. The number of nitrogens with zero attached hydrogens (tertiary/aromatic N) is 1. The van der Waals surface area contributed by atoms with E-state index in [0.717, 1.165) is 28.6 Å². The molecule has 1 amide bonds. The molecule has 0 saturated carbocycles. The van der Waals surface area contributed by atoms with Crippen molar-refractivity contribution in [2.75, 3.05) is 18.6 Å². The highest BCUT2D eigenvalue weighted by atomic mass is 16.5. The number of aliphatic hydroxyl groups excluding tert-OH is 1. The number of benzene rings is 3. The van der Waals surface area contributed by atoms with E-state index < -0.39 is 17.7 Å². The molecule has 0 radical (unpaired) electrons. The van der Waals surface area contributed by atoms with E-state index in [-0.39, 0.29) is 11.3 Å². The van der Waals surface area contributed by atoms with E-state index in [1.54, 1.807) is 55.6 Å². The molecule has 5 rings (SSSR count). The Hall–Kier alpha value is -4.52. The van der Waals surface area contributed by atoms with Gasteiger partial charge in [-0.05, 0) is 67.9 Å². The molecule has 4 aromatic rings. The van der Waals surface area contributed by atoms with Crippen molar-refractivity contribution in [1.82, 2.24) is 4.98 Å². The monoisotopic (exact) mass is 496 g/mol. The summed E-state index contributed by atoms with van der Waals surface area (Å²) in [7, 11) is 1.56. The van der Waals surface area contributed by atoms with Crippen molar-refractivity contribution in [2.24, 2.45) is 0 Å². The lowest BCUT2D eigenvalue weighted by atomic mass is 9.93. The number of methoxy groups -OCH3 is 1. The second kappa shape index (κ2) is 9.85. The van der Waals surface area contributed by atoms with Gasteiger partial charge in [-0.15, -0.1) is 0 Å². The number of carbonyl (C=O) groups excluding carboxylic acids is 2. The summed E-state index contributed by atoms with van der Waals surface area (Å²) in [6, 6.07) is 20.7. The molecule has 2 heterocycles. The minimum atomic E-state index is -0.833. The molecule has 7 nitrogen and oxygen atoms in total. The van der Waals surface area contributed by atoms with Crippen LogP contribution in [0.1, 0.15) is 36.2 Å². The Morgan fingerprint density at radius 1 is 0.973 bits per heavy atom. The third-order valence-corrected chi connectivity index (χ3v) is 6.61. The van der Waals surface area contributed by atoms with Crippen LogP contribution in [-0.4, -0.2) is 35.5 Å². The van der Waals surface area contributed by atoms with Crippen molar-refractivity contribution in [3.8, 4) is 11.5 Å². The van der Waals surface area contributed by atoms with Gasteiger partial charge in [0.1, 0.15) is 17.3 Å². The number of aryl methyl sites for hydroxylation is 1. The molecule has 7 heteroatoms. The van der Waals surface area contributed by atoms with E-state index >= 15 is 0 Å². The minimum Gasteiger partial charge on any atom is -0.507 e. The lowest BCUT2D eigenvalue weighted by Gasteiger charge is -2.26. The predicted molar refractivity (Wildman–Crippen MR) is 143 cm³/mol. The standard InChI is InChI=1S/C30H28N2O5/c1-4-17-37-22-13-9-19(10-14-22)28(33)26-27(25-18(2)31-24-8-6-5-7-23(24)25)32(30(35)29(26)34)20-11-15-21(36-3)16-12-20/h5-16,27,31,33H,4,17H2,1-3H3/b28-26+. The molecule has 0 spiro atoms. The number of fused-ring (bicyclic) bond motifs is 1. The van der Waals surface area contributed by atoms with Gasteiger partial charge in [-0.25, -0.2) is 0 Å². The van der Waals surface area contributed by atoms with Gasteiger partial charge in [0.15, 0.2) is 0 Å². The Bertz CT molecular complexity index is 1500. The maximum Gasteiger partial charge on any atom is 0.300 e. The quantitative estimate of drug-likeness (QED) is 0.189. The number of aromatic amines is 1. The topological polar surface area (TPSA) is 91.9 Å². The molecule has 37 heavy (non-hydrogen) atoms. The van der Waals surface area contributed by atoms with E-state index in [1.165, 1.54) is 4.90 Å². The molecule has 0 bridgehead atoms. The SMILES string of the molecule is CCCOc1ccc(/C(O)=C2\C(=O)C(=O)N(c3ccc(OC)cc3)C2c2c(C)[nH]c3ccccc23)cc1. The average molecular weight is 497 g/mol. The number of H-pyrrole nitrogens is 1. The van der Waals surface area contributed by atoms with Crippen LogP contribution in [0.15, 0.2) is 78.4 Å². The number of nitrogens with one attached hydrogen (secondary N) is 1. The van der Waals surface area contributed by atoms with Crippen LogP contribution in [0.25, 0.3) is 16.7 Å². The number of carbonyl (C=O) groups is 2. The molecule has 0 aliphatic carbocycles. The van der Waals surface area contributed by atoms with Crippen LogP contribution in [0.2, 0.25) is 0 Å². The van der Waals surface area contributed by atoms with Gasteiger partial charge >= 0.3 is 0 Å². The van der Waals surface area contributed by atoms with Crippen LogP contribution < -0.4 is 14.4 Å². The summed E-state index contributed by atoms with van der Waals surface area (Å²) in [6.07, 6.45) is 0.876. The molecule has 1 atom stereocenters. The summed E-state index contributed by atoms with van der Waals surface area (Å²) in [4.78, 5) is 31.8. The molecule has 1 aliphatic rings. The van der Waals surface area contributed by atoms with Gasteiger partial charge in [0.05, 0.1) is 25.3 Å². The van der Waals surface area contributed by atoms with Gasteiger partial charge in [0.2, 0.25) is 0 Å². The molecule has 1 unspecified atom stereocenters. The van der Waals surface area contributed by atoms with Gasteiger partial charge in [0, 0.05) is 33.4 Å². The number of aromatic nitrogens is 1. The van der Waals surface area contributed by atoms with Crippen LogP contribution in [0.3, 0.4) is 0 Å². The van der Waals surface area contributed by atoms with E-state index in [2.05, 4.69) is 4.98 Å². The first-order valence-corrected chi connectivity index (χ1v) is 12.2. The van der Waals surface area contributed by atoms with Gasteiger partial charge in [-0.1, -0.05) is 25.1 Å². The van der Waals surface area contributed by atoms with Crippen molar-refractivity contribution in [2.45, 2.75) is 26.3 Å². The number of ketones is 1. The lowest BCUT2D eigenvalue weighted by molar-refractivity contribution is -0.132. The van der Waals surface area contributed by atoms with E-state index in [9.17, 15) is 14.7 Å². The van der Waals surface area contributed by atoms with Crippen LogP contribution in [0, 0.1) is 6.92 Å². The molecule has 188 valence electrons. The van der Waals surface area contributed by atoms with Crippen LogP contribution >= 0.6 is 0 Å². The van der Waals surface area contributed by atoms with E-state index in [0.29, 0.717) is 29.4 Å². The second-order valence-corrected chi connectivity index (χ2v) is 8.95. The molecular weight excluding hydrogens is 468 g/mol. The van der Waals surface area contributed by atoms with Crippen LogP contribution in [0.4, 0.5) is 5.69 Å². The summed E-state index contributed by atoms with van der Waals surface area (Å²) in [5, 5.41) is 12.3. The predicted octanol–water partition coefficient (Wildman–Crippen LogP) is 5.90. The van der Waals surface area contributed by atoms with Crippen molar-refractivity contribution in [1.29, 1.82) is 0 Å². The molecule has 1 aromatic heterocycles. The third kappa shape index (κ3) is 4.22. The summed E-state index contributed by atoms with van der Waals surface area (Å²) in [6.45, 7) is 4.51. The first-order valence-electron chi connectivity index (χ1n) is 12.2. The number of Topliss-reactive ketones (excluding diaryl/α,β-unsaturated/α-hetero) is 1. The number of rotatable bonds is 7. The number of anilines is 1. The highest BCUT2D eigenvalue weighted by molar-refractivity contribution is 6.52. The second-order valence-electron chi connectivity index (χ2n) is 8.95. The first kappa shape index (κ1) is 24.2. The summed E-state index contributed by atoms with van der Waals surface area (Å²) >= 11 is 0. The maximum atomic E-state index is 13.5. The Kier molecular flexibility index (Phi) is 6.44. The highest BCUT2D eigenvalue weighted by Gasteiger charge is 2.48. The Morgan fingerprint density at radius 2 is 1.65 bits per heavy atom. The van der Waals surface area contributed by atoms with Crippen molar-refractivity contribution in [3.05, 3.63) is 95.2 Å². The molecule has 1 saturated heterocycles. The minimum absolute atomic E-state index is 0.0379. The fourth-order valence-electron chi connectivity index (χ4n) is 4.85. The van der Waals surface area contributed by atoms with Gasteiger partial charge in [-0.2, -0.15) is 0 Å². The Labute approximate surface area is 214 Å². The number of hydrogen-bond donors (Lipinski definition) is 2. The number of amides is 1. The van der Waals surface area contributed by atoms with Crippen LogP contribution in [0.5, 0.6) is 11.5 Å². The van der Waals surface area contributed by atoms with Crippen molar-refractivity contribution < 1.29 is 24.2 Å². The van der Waals surface area contributed by atoms with Crippen molar-refractivity contribution in [3.63, 3.8) is 0 Å². The number of ether oxygens (including phenoxy) is 2. The summed E-state index contributed by atoms with van der Waals surface area (Å²) < 4.78 is 10.9. The van der Waals surface area contributed by atoms with Crippen LogP contribution in [-0.2, 0) is 9.59 Å². The fraction of sp³-hybridized carbons (Fsp3) is 0.200. The van der Waals surface area contributed by atoms with Gasteiger partial charge < -0.3 is 19.6 Å². The van der Waals surface area contributed by atoms with Crippen molar-refractivity contribution >= 4 is 34.0 Å². The molecular formula is C30H28N2O5. The summed E-state index contributed by atoms with van der Waals surface area (Å²) in [5.74, 6) is -0.378. The van der Waals surface area contributed by atoms with E-state index in [1.807, 2.05) is 38.1 Å². The molecule has 2 N–H and O–H groups in total. The smallest absolute Gasteiger partial charge is 0.300 e. The average Bonchev–Trinajstić information content (AvgIpc) is 3.39. The zero-order chi connectivity index (χ0) is 26.1. The third-order valence-electron chi connectivity index (χ3n) is 6.61. The maximum absolute atomic E-state index is 13.5. The van der Waals surface area contributed by atoms with Gasteiger partial charge in [-0.3, -0.25) is 14.5 Å². The Balaban J connectivity index is 1.70. The van der Waals surface area contributed by atoms with Gasteiger partial charge in [0.25, 0.3) is 11.7 Å². The lowest BCUT2D eigenvalue weighted by Crippen LogP contribution is -2.29. The number of hydrogen-bond acceptors (Lipinski definition) is 5. The normalized spacial score (nSPS) is 16.9.